The quantitative estimate of drug-likeness (QED) is 0.630. The van der Waals surface area contributed by atoms with Crippen LogP contribution in [0.25, 0.3) is 0 Å². The minimum Gasteiger partial charge on any atom is -0.402 e. The van der Waals surface area contributed by atoms with Crippen molar-refractivity contribution in [3.8, 4) is 0 Å². The Labute approximate surface area is 117 Å². The minimum absolute atomic E-state index is 0.368. The Balaban J connectivity index is 1.80. The smallest absolute Gasteiger partial charge is 0.363 e. The number of hydrogen-bond donors (Lipinski definition) is 0. The van der Waals surface area contributed by atoms with Crippen LogP contribution in [-0.2, 0) is 16.0 Å². The van der Waals surface area contributed by atoms with Crippen molar-refractivity contribution in [3.63, 3.8) is 0 Å². The summed E-state index contributed by atoms with van der Waals surface area (Å²) >= 11 is 0. The van der Waals surface area contributed by atoms with Gasteiger partial charge in [0.25, 0.3) is 0 Å². The summed E-state index contributed by atoms with van der Waals surface area (Å²) in [4.78, 5) is 16.0. The number of allylic oxidation sites excluding steroid dienone is 1. The fraction of sp³-hybridized carbons (Fsp3) is 0.0588. The van der Waals surface area contributed by atoms with Gasteiger partial charge in [0.15, 0.2) is 0 Å². The zero-order chi connectivity index (χ0) is 13.8. The second-order valence-corrected chi connectivity index (χ2v) is 4.45. The molecule has 0 fully saturated rings. The molecule has 3 nitrogen and oxygen atoms in total. The van der Waals surface area contributed by atoms with E-state index in [1.807, 2.05) is 60.7 Å². The van der Waals surface area contributed by atoms with E-state index in [-0.39, 0.29) is 5.97 Å². The molecule has 3 heteroatoms. The van der Waals surface area contributed by atoms with Crippen LogP contribution in [0.2, 0.25) is 0 Å². The predicted molar refractivity (Wildman–Crippen MR) is 77.3 cm³/mol. The van der Waals surface area contributed by atoms with Crippen LogP contribution in [-0.4, -0.2) is 11.9 Å². The molecule has 1 aliphatic rings. The number of aliphatic imine (C=N–C) groups is 1. The van der Waals surface area contributed by atoms with Crippen molar-refractivity contribution in [1.29, 1.82) is 0 Å². The van der Waals surface area contributed by atoms with Gasteiger partial charge in [-0.25, -0.2) is 9.79 Å². The first-order chi connectivity index (χ1) is 9.83. The Kier molecular flexibility index (Phi) is 3.42. The summed E-state index contributed by atoms with van der Waals surface area (Å²) in [6.45, 7) is 0. The molecule has 1 aliphatic heterocycles. The summed E-state index contributed by atoms with van der Waals surface area (Å²) in [6, 6.07) is 19.4. The van der Waals surface area contributed by atoms with Gasteiger partial charge >= 0.3 is 5.97 Å². The normalized spacial score (nSPS) is 16.1. The minimum atomic E-state index is -0.389. The van der Waals surface area contributed by atoms with E-state index < -0.39 is 0 Å². The lowest BCUT2D eigenvalue weighted by Crippen LogP contribution is -2.05. The second-order valence-electron chi connectivity index (χ2n) is 4.45. The highest BCUT2D eigenvalue weighted by atomic mass is 16.6. The Morgan fingerprint density at radius 3 is 2.30 bits per heavy atom. The van der Waals surface area contributed by atoms with Crippen molar-refractivity contribution in [2.45, 2.75) is 6.42 Å². The van der Waals surface area contributed by atoms with E-state index in [1.54, 1.807) is 6.08 Å². The summed E-state index contributed by atoms with van der Waals surface area (Å²) in [5.74, 6) is -0.0188. The van der Waals surface area contributed by atoms with Crippen LogP contribution in [0.1, 0.15) is 11.1 Å². The molecule has 3 rings (SSSR count). The van der Waals surface area contributed by atoms with Crippen molar-refractivity contribution in [3.05, 3.63) is 83.6 Å². The molecule has 0 bridgehead atoms. The molecule has 0 spiro atoms. The molecule has 0 saturated carbocycles. The van der Waals surface area contributed by atoms with E-state index >= 15 is 0 Å². The molecule has 0 unspecified atom stereocenters. The van der Waals surface area contributed by atoms with Gasteiger partial charge in [-0.1, -0.05) is 48.5 Å². The van der Waals surface area contributed by atoms with Crippen molar-refractivity contribution in [1.82, 2.24) is 0 Å². The number of hydrogen-bond acceptors (Lipinski definition) is 3. The molecule has 0 aromatic heterocycles. The molecule has 0 radical (unpaired) electrons. The summed E-state index contributed by atoms with van der Waals surface area (Å²) in [6.07, 6.45) is 2.46. The molecule has 98 valence electrons. The molecule has 20 heavy (non-hydrogen) atoms. The summed E-state index contributed by atoms with van der Waals surface area (Å²) in [7, 11) is 0. The average Bonchev–Trinajstić information content (AvgIpc) is 2.88. The van der Waals surface area contributed by atoms with Crippen LogP contribution in [0.3, 0.4) is 0 Å². The highest BCUT2D eigenvalue weighted by molar-refractivity contribution is 6.11. The maximum Gasteiger partial charge on any atom is 0.363 e. The topological polar surface area (TPSA) is 38.7 Å². The lowest BCUT2D eigenvalue weighted by atomic mass is 10.1. The van der Waals surface area contributed by atoms with Gasteiger partial charge in [0.2, 0.25) is 5.90 Å². The van der Waals surface area contributed by atoms with E-state index in [0.29, 0.717) is 18.0 Å². The summed E-state index contributed by atoms with van der Waals surface area (Å²) < 4.78 is 5.19. The Hall–Kier alpha value is -2.68. The lowest BCUT2D eigenvalue weighted by Gasteiger charge is -1.97. The number of benzene rings is 2. The molecular formula is C17H13NO2. The first-order valence-electron chi connectivity index (χ1n) is 6.43. The highest BCUT2D eigenvalue weighted by Crippen LogP contribution is 2.16. The van der Waals surface area contributed by atoms with E-state index in [2.05, 4.69) is 4.99 Å². The van der Waals surface area contributed by atoms with Crippen LogP contribution >= 0.6 is 0 Å². The number of rotatable bonds is 3. The molecule has 0 amide bonds. The molecule has 0 aliphatic carbocycles. The maximum absolute atomic E-state index is 11.8. The lowest BCUT2D eigenvalue weighted by molar-refractivity contribution is -0.130. The van der Waals surface area contributed by atoms with Gasteiger partial charge in [-0.2, -0.15) is 0 Å². The average molecular weight is 263 g/mol. The number of esters is 1. The van der Waals surface area contributed by atoms with Gasteiger partial charge < -0.3 is 4.74 Å². The third-order valence-corrected chi connectivity index (χ3v) is 3.02. The van der Waals surface area contributed by atoms with Gasteiger partial charge in [-0.05, 0) is 30.2 Å². The van der Waals surface area contributed by atoms with Crippen LogP contribution in [0.5, 0.6) is 0 Å². The number of carbonyl (C=O) groups excluding carboxylic acids is 1. The third kappa shape index (κ3) is 2.67. The van der Waals surface area contributed by atoms with Crippen molar-refractivity contribution < 1.29 is 9.53 Å². The molecule has 1 heterocycles. The zero-order valence-electron chi connectivity index (χ0n) is 10.8. The molecule has 0 atom stereocenters. The number of ether oxygens (including phenoxy) is 1. The molecule has 2 aromatic rings. The second kappa shape index (κ2) is 5.53. The highest BCUT2D eigenvalue weighted by Gasteiger charge is 2.23. The molecule has 0 saturated heterocycles. The van der Waals surface area contributed by atoms with Crippen molar-refractivity contribution >= 4 is 11.9 Å². The van der Waals surface area contributed by atoms with Crippen LogP contribution in [0.15, 0.2) is 77.4 Å². The molecule has 2 aromatic carbocycles. The number of nitrogens with zero attached hydrogens (tertiary/aromatic N) is 1. The SMILES string of the molecule is O=C1OC(c2ccccc2)=NC1=CCc1ccccc1. The molecule has 0 N–H and O–H groups in total. The third-order valence-electron chi connectivity index (χ3n) is 3.02. The molecular weight excluding hydrogens is 250 g/mol. The number of carbonyl (C=O) groups is 1. The standard InChI is InChI=1S/C17H13NO2/c19-17-15(12-11-13-7-3-1-4-8-13)18-16(20-17)14-9-5-2-6-10-14/h1-10,12H,11H2. The Bertz CT molecular complexity index is 673. The van der Waals surface area contributed by atoms with Gasteiger partial charge in [0, 0.05) is 5.56 Å². The van der Waals surface area contributed by atoms with Gasteiger partial charge in [-0.15, -0.1) is 0 Å². The van der Waals surface area contributed by atoms with Gasteiger partial charge in [-0.3, -0.25) is 0 Å². The zero-order valence-corrected chi connectivity index (χ0v) is 10.8. The number of cyclic esters (lactones) is 1. The maximum atomic E-state index is 11.8. The Morgan fingerprint density at radius 2 is 1.60 bits per heavy atom. The monoisotopic (exact) mass is 263 g/mol. The predicted octanol–water partition coefficient (Wildman–Crippen LogP) is 3.12. The fourth-order valence-corrected chi connectivity index (χ4v) is 1.98. The van der Waals surface area contributed by atoms with Gasteiger partial charge in [0.05, 0.1) is 0 Å². The van der Waals surface area contributed by atoms with Crippen molar-refractivity contribution in [2.24, 2.45) is 4.99 Å². The van der Waals surface area contributed by atoms with Crippen LogP contribution in [0, 0.1) is 0 Å². The Morgan fingerprint density at radius 1 is 0.950 bits per heavy atom. The summed E-state index contributed by atoms with van der Waals surface area (Å²) in [5.41, 5.74) is 2.31. The van der Waals surface area contributed by atoms with Crippen LogP contribution in [0.4, 0.5) is 0 Å². The van der Waals surface area contributed by atoms with E-state index in [4.69, 9.17) is 4.74 Å². The first-order valence-corrected chi connectivity index (χ1v) is 6.43. The van der Waals surface area contributed by atoms with Crippen molar-refractivity contribution in [2.75, 3.05) is 0 Å². The largest absolute Gasteiger partial charge is 0.402 e. The van der Waals surface area contributed by atoms with Crippen LogP contribution < -0.4 is 0 Å². The van der Waals surface area contributed by atoms with E-state index in [0.717, 1.165) is 11.1 Å². The van der Waals surface area contributed by atoms with E-state index in [1.165, 1.54) is 0 Å². The van der Waals surface area contributed by atoms with E-state index in [9.17, 15) is 4.79 Å². The fourth-order valence-electron chi connectivity index (χ4n) is 1.98. The van der Waals surface area contributed by atoms with Gasteiger partial charge in [0.1, 0.15) is 5.70 Å². The first kappa shape index (κ1) is 12.4. The summed E-state index contributed by atoms with van der Waals surface area (Å²) in [5, 5.41) is 0.